The number of hydrogen-bond donors (Lipinski definition) is 0. The standard InChI is InChI=1S/C14H18ClFN2/c1-11(2)10-18(7-3-6-17)14-5-4-12(9-15)8-13(14)16/h4-5,8,11H,3,7,9-10H2,1-2H3. The molecule has 18 heavy (non-hydrogen) atoms. The van der Waals surface area contributed by atoms with Crippen LogP contribution >= 0.6 is 11.6 Å². The molecule has 0 aliphatic carbocycles. The van der Waals surface area contributed by atoms with Gasteiger partial charge in [-0.2, -0.15) is 5.26 Å². The molecule has 0 unspecified atom stereocenters. The minimum absolute atomic E-state index is 0.272. The summed E-state index contributed by atoms with van der Waals surface area (Å²) in [6.07, 6.45) is 0.392. The predicted octanol–water partition coefficient (Wildman–Crippen LogP) is 3.94. The third kappa shape index (κ3) is 4.19. The summed E-state index contributed by atoms with van der Waals surface area (Å²) in [5.74, 6) is 0.446. The molecule has 0 saturated heterocycles. The van der Waals surface area contributed by atoms with Crippen molar-refractivity contribution in [1.82, 2.24) is 0 Å². The van der Waals surface area contributed by atoms with Gasteiger partial charge in [-0.3, -0.25) is 0 Å². The van der Waals surface area contributed by atoms with Crippen molar-refractivity contribution in [2.75, 3.05) is 18.0 Å². The van der Waals surface area contributed by atoms with Gasteiger partial charge in [-0.05, 0) is 23.6 Å². The number of alkyl halides is 1. The van der Waals surface area contributed by atoms with Crippen LogP contribution in [0.2, 0.25) is 0 Å². The fourth-order valence-corrected chi connectivity index (χ4v) is 1.99. The Balaban J connectivity index is 2.93. The molecule has 0 amide bonds. The normalized spacial score (nSPS) is 10.4. The zero-order chi connectivity index (χ0) is 13.5. The van der Waals surface area contributed by atoms with E-state index in [4.69, 9.17) is 16.9 Å². The van der Waals surface area contributed by atoms with Gasteiger partial charge in [0, 0.05) is 19.0 Å². The number of halogens is 2. The lowest BCUT2D eigenvalue weighted by Crippen LogP contribution is -2.29. The van der Waals surface area contributed by atoms with E-state index in [1.54, 1.807) is 6.07 Å². The molecule has 0 aliphatic rings. The number of benzene rings is 1. The number of rotatable bonds is 6. The maximum atomic E-state index is 14.0. The molecule has 1 aromatic carbocycles. The van der Waals surface area contributed by atoms with E-state index in [-0.39, 0.29) is 5.82 Å². The largest absolute Gasteiger partial charge is 0.368 e. The number of anilines is 1. The third-order valence-corrected chi connectivity index (χ3v) is 2.89. The molecule has 1 aromatic rings. The molecule has 98 valence electrons. The lowest BCUT2D eigenvalue weighted by Gasteiger charge is -2.26. The Morgan fingerprint density at radius 1 is 1.44 bits per heavy atom. The Kier molecular flexibility index (Phi) is 5.94. The van der Waals surface area contributed by atoms with Crippen LogP contribution in [0.3, 0.4) is 0 Å². The second kappa shape index (κ2) is 7.23. The van der Waals surface area contributed by atoms with Crippen molar-refractivity contribution in [3.05, 3.63) is 29.6 Å². The van der Waals surface area contributed by atoms with Crippen molar-refractivity contribution in [2.45, 2.75) is 26.1 Å². The van der Waals surface area contributed by atoms with Gasteiger partial charge in [-0.1, -0.05) is 19.9 Å². The van der Waals surface area contributed by atoms with Crippen molar-refractivity contribution >= 4 is 17.3 Å². The van der Waals surface area contributed by atoms with Crippen LogP contribution in [0.5, 0.6) is 0 Å². The molecule has 0 radical (unpaired) electrons. The summed E-state index contributed by atoms with van der Waals surface area (Å²) in [4.78, 5) is 1.92. The molecule has 2 nitrogen and oxygen atoms in total. The molecule has 1 rings (SSSR count). The number of nitrogens with zero attached hydrogens (tertiary/aromatic N) is 2. The average molecular weight is 269 g/mol. The monoisotopic (exact) mass is 268 g/mol. The Bertz CT molecular complexity index is 426. The smallest absolute Gasteiger partial charge is 0.146 e. The van der Waals surface area contributed by atoms with Gasteiger partial charge in [-0.15, -0.1) is 11.6 Å². The fourth-order valence-electron chi connectivity index (χ4n) is 1.83. The topological polar surface area (TPSA) is 27.0 Å². The summed E-state index contributed by atoms with van der Waals surface area (Å²) in [6, 6.07) is 7.13. The van der Waals surface area contributed by atoms with Crippen molar-refractivity contribution in [3.8, 4) is 6.07 Å². The molecule has 0 spiro atoms. The number of hydrogen-bond acceptors (Lipinski definition) is 2. The van der Waals surface area contributed by atoms with E-state index in [2.05, 4.69) is 19.9 Å². The predicted molar refractivity (Wildman–Crippen MR) is 73.2 cm³/mol. The van der Waals surface area contributed by atoms with E-state index in [1.807, 2.05) is 11.0 Å². The maximum absolute atomic E-state index is 14.0. The van der Waals surface area contributed by atoms with Crippen LogP contribution in [-0.2, 0) is 5.88 Å². The highest BCUT2D eigenvalue weighted by Crippen LogP contribution is 2.22. The van der Waals surface area contributed by atoms with Crippen molar-refractivity contribution in [2.24, 2.45) is 5.92 Å². The van der Waals surface area contributed by atoms with Crippen LogP contribution in [-0.4, -0.2) is 13.1 Å². The highest BCUT2D eigenvalue weighted by Gasteiger charge is 2.13. The van der Waals surface area contributed by atoms with Gasteiger partial charge < -0.3 is 4.90 Å². The lowest BCUT2D eigenvalue weighted by atomic mass is 10.1. The minimum Gasteiger partial charge on any atom is -0.368 e. The maximum Gasteiger partial charge on any atom is 0.146 e. The van der Waals surface area contributed by atoms with Gasteiger partial charge in [-0.25, -0.2) is 4.39 Å². The average Bonchev–Trinajstić information content (AvgIpc) is 2.34. The molecular weight excluding hydrogens is 251 g/mol. The highest BCUT2D eigenvalue weighted by molar-refractivity contribution is 6.17. The first-order chi connectivity index (χ1) is 8.58. The quantitative estimate of drug-likeness (QED) is 0.731. The molecule has 0 saturated carbocycles. The zero-order valence-corrected chi connectivity index (χ0v) is 11.5. The van der Waals surface area contributed by atoms with Gasteiger partial charge in [0.05, 0.1) is 18.2 Å². The number of nitriles is 1. The molecule has 0 aromatic heterocycles. The van der Waals surface area contributed by atoms with Crippen LogP contribution in [0.4, 0.5) is 10.1 Å². The Morgan fingerprint density at radius 3 is 2.67 bits per heavy atom. The first kappa shape index (κ1) is 14.8. The summed E-state index contributed by atoms with van der Waals surface area (Å²) in [5.41, 5.74) is 1.32. The third-order valence-electron chi connectivity index (χ3n) is 2.59. The highest BCUT2D eigenvalue weighted by atomic mass is 35.5. The fraction of sp³-hybridized carbons (Fsp3) is 0.500. The Morgan fingerprint density at radius 2 is 2.17 bits per heavy atom. The molecular formula is C14H18ClFN2. The van der Waals surface area contributed by atoms with Crippen LogP contribution in [0.1, 0.15) is 25.8 Å². The SMILES string of the molecule is CC(C)CN(CCC#N)c1ccc(CCl)cc1F. The van der Waals surface area contributed by atoms with Gasteiger partial charge in [0.1, 0.15) is 5.82 Å². The molecule has 0 N–H and O–H groups in total. The van der Waals surface area contributed by atoms with E-state index in [0.717, 1.165) is 12.1 Å². The van der Waals surface area contributed by atoms with E-state index >= 15 is 0 Å². The van der Waals surface area contributed by atoms with Crippen LogP contribution in [0.15, 0.2) is 18.2 Å². The van der Waals surface area contributed by atoms with Crippen LogP contribution in [0.25, 0.3) is 0 Å². The molecule has 0 atom stereocenters. The van der Waals surface area contributed by atoms with Crippen molar-refractivity contribution in [1.29, 1.82) is 5.26 Å². The molecule has 4 heteroatoms. The second-order valence-electron chi connectivity index (χ2n) is 4.67. The van der Waals surface area contributed by atoms with Gasteiger partial charge in [0.25, 0.3) is 0 Å². The summed E-state index contributed by atoms with van der Waals surface area (Å²) in [5, 5.41) is 8.66. The summed E-state index contributed by atoms with van der Waals surface area (Å²) >= 11 is 5.68. The van der Waals surface area contributed by atoms with E-state index < -0.39 is 0 Å². The van der Waals surface area contributed by atoms with Crippen molar-refractivity contribution < 1.29 is 4.39 Å². The van der Waals surface area contributed by atoms with Gasteiger partial charge in [0.2, 0.25) is 0 Å². The van der Waals surface area contributed by atoms with Crippen molar-refractivity contribution in [3.63, 3.8) is 0 Å². The Labute approximate surface area is 113 Å². The van der Waals surface area contributed by atoms with E-state index in [9.17, 15) is 4.39 Å². The van der Waals surface area contributed by atoms with Crippen LogP contribution < -0.4 is 4.90 Å². The summed E-state index contributed by atoms with van der Waals surface area (Å²) in [7, 11) is 0. The van der Waals surface area contributed by atoms with E-state index in [1.165, 1.54) is 6.07 Å². The van der Waals surface area contributed by atoms with E-state index in [0.29, 0.717) is 30.5 Å². The first-order valence-corrected chi connectivity index (χ1v) is 6.58. The molecule has 0 heterocycles. The lowest BCUT2D eigenvalue weighted by molar-refractivity contribution is 0.581. The second-order valence-corrected chi connectivity index (χ2v) is 4.93. The van der Waals surface area contributed by atoms with Gasteiger partial charge >= 0.3 is 0 Å². The zero-order valence-electron chi connectivity index (χ0n) is 10.8. The summed E-state index contributed by atoms with van der Waals surface area (Å²) in [6.45, 7) is 5.43. The molecule has 0 aliphatic heterocycles. The van der Waals surface area contributed by atoms with Crippen LogP contribution in [0, 0.1) is 23.1 Å². The Hall–Kier alpha value is -1.27. The molecule has 0 fully saturated rings. The first-order valence-electron chi connectivity index (χ1n) is 6.04. The summed E-state index contributed by atoms with van der Waals surface area (Å²) < 4.78 is 14.0. The molecule has 0 bridgehead atoms. The van der Waals surface area contributed by atoms with Gasteiger partial charge in [0.15, 0.2) is 0 Å². The minimum atomic E-state index is -0.272.